The number of benzene rings is 9. The summed E-state index contributed by atoms with van der Waals surface area (Å²) in [6.45, 7) is 0. The van der Waals surface area contributed by atoms with Gasteiger partial charge in [-0.1, -0.05) is 146 Å². The van der Waals surface area contributed by atoms with E-state index in [0.29, 0.717) is 0 Å². The van der Waals surface area contributed by atoms with Gasteiger partial charge in [0.15, 0.2) is 0 Å². The first-order chi connectivity index (χ1) is 28.2. The van der Waals surface area contributed by atoms with Gasteiger partial charge in [-0.05, 0) is 122 Å². The SMILES string of the molecule is c1ccc(-c2ccc(C3c4ccc(-c5ccc6sc7ccccc7c6c5)cc4-c4cc(-c5ccc6c(c5)c5ccccc5n6-c5ccccc5)ccc43)cc2)cc1. The Bertz CT molecular complexity index is 3330. The third-order valence-corrected chi connectivity index (χ3v) is 13.3. The van der Waals surface area contributed by atoms with Crippen molar-refractivity contribution in [3.05, 3.63) is 223 Å². The summed E-state index contributed by atoms with van der Waals surface area (Å²) in [6.07, 6.45) is 0. The Labute approximate surface area is 335 Å². The molecule has 1 atom stereocenters. The van der Waals surface area contributed by atoms with Crippen molar-refractivity contribution < 1.29 is 0 Å². The first-order valence-electron chi connectivity index (χ1n) is 19.7. The van der Waals surface area contributed by atoms with Crippen LogP contribution in [0, 0.1) is 0 Å². The quantitative estimate of drug-likeness (QED) is 0.166. The Kier molecular flexibility index (Phi) is 7.23. The fourth-order valence-electron chi connectivity index (χ4n) is 9.38. The van der Waals surface area contributed by atoms with Crippen molar-refractivity contribution in [1.82, 2.24) is 4.57 Å². The van der Waals surface area contributed by atoms with Crippen molar-refractivity contribution in [2.75, 3.05) is 0 Å². The number of aromatic nitrogens is 1. The van der Waals surface area contributed by atoms with Crippen LogP contribution in [0.4, 0.5) is 0 Å². The van der Waals surface area contributed by atoms with Gasteiger partial charge in [-0.15, -0.1) is 11.3 Å². The second-order valence-electron chi connectivity index (χ2n) is 15.3. The van der Waals surface area contributed by atoms with Gasteiger partial charge >= 0.3 is 0 Å². The minimum Gasteiger partial charge on any atom is -0.309 e. The zero-order chi connectivity index (χ0) is 37.5. The molecular weight excluding hydrogens is 707 g/mol. The normalized spacial score (nSPS) is 13.4. The first kappa shape index (κ1) is 32.3. The molecule has 2 aromatic heterocycles. The predicted molar refractivity (Wildman–Crippen MR) is 243 cm³/mol. The molecule has 0 saturated heterocycles. The van der Waals surface area contributed by atoms with E-state index in [9.17, 15) is 0 Å². The summed E-state index contributed by atoms with van der Waals surface area (Å²) < 4.78 is 5.06. The lowest BCUT2D eigenvalue weighted by molar-refractivity contribution is 1.02. The molecule has 1 nitrogen and oxygen atoms in total. The van der Waals surface area contributed by atoms with Crippen LogP contribution in [-0.4, -0.2) is 4.57 Å². The van der Waals surface area contributed by atoms with Gasteiger partial charge in [0, 0.05) is 42.6 Å². The van der Waals surface area contributed by atoms with Crippen molar-refractivity contribution in [2.24, 2.45) is 0 Å². The molecule has 0 spiro atoms. The minimum absolute atomic E-state index is 0.151. The van der Waals surface area contributed by atoms with Gasteiger partial charge in [-0.25, -0.2) is 0 Å². The van der Waals surface area contributed by atoms with Crippen molar-refractivity contribution in [1.29, 1.82) is 0 Å². The fourth-order valence-corrected chi connectivity index (χ4v) is 10.5. The standard InChI is InChI=1S/C55H35NS/c1-3-11-35(12-4-1)36-19-21-37(22-20-36)55-45-27-23-38(40-25-29-52-49(33-40)43-15-7-9-17-51(43)56(52)42-13-5-2-6-14-42)31-47(45)48-32-39(24-28-46(48)55)41-26-30-54-50(34-41)44-16-8-10-18-53(44)57-54/h1-34,55H. The highest BCUT2D eigenvalue weighted by molar-refractivity contribution is 7.25. The van der Waals surface area contributed by atoms with Gasteiger partial charge in [0.1, 0.15) is 0 Å². The van der Waals surface area contributed by atoms with E-state index in [1.54, 1.807) is 0 Å². The topological polar surface area (TPSA) is 4.93 Å². The van der Waals surface area contributed by atoms with Crippen molar-refractivity contribution >= 4 is 53.3 Å². The highest BCUT2D eigenvalue weighted by Gasteiger charge is 2.31. The molecule has 11 aromatic rings. The number of para-hydroxylation sites is 2. The van der Waals surface area contributed by atoms with Crippen molar-refractivity contribution in [3.63, 3.8) is 0 Å². The molecule has 1 aliphatic rings. The maximum atomic E-state index is 2.45. The molecular formula is C55H35NS. The Morgan fingerprint density at radius 1 is 0.333 bits per heavy atom. The molecule has 12 rings (SSSR count). The van der Waals surface area contributed by atoms with Crippen LogP contribution in [0.1, 0.15) is 22.6 Å². The average Bonchev–Trinajstić information content (AvgIpc) is 3.93. The fraction of sp³-hybridized carbons (Fsp3) is 0.0182. The molecule has 0 bridgehead atoms. The summed E-state index contributed by atoms with van der Waals surface area (Å²) in [6, 6.07) is 76.5. The number of thiophene rings is 1. The molecule has 0 aliphatic heterocycles. The van der Waals surface area contributed by atoms with E-state index in [-0.39, 0.29) is 5.92 Å². The van der Waals surface area contributed by atoms with E-state index in [1.165, 1.54) is 109 Å². The summed E-state index contributed by atoms with van der Waals surface area (Å²) in [4.78, 5) is 0. The second kappa shape index (κ2) is 12.8. The Hall–Kier alpha value is -7.00. The molecule has 0 fully saturated rings. The van der Waals surface area contributed by atoms with E-state index < -0.39 is 0 Å². The number of hydrogen-bond acceptors (Lipinski definition) is 1. The largest absolute Gasteiger partial charge is 0.309 e. The molecule has 0 N–H and O–H groups in total. The second-order valence-corrected chi connectivity index (χ2v) is 16.3. The highest BCUT2D eigenvalue weighted by Crippen LogP contribution is 2.51. The Balaban J connectivity index is 1.01. The van der Waals surface area contributed by atoms with E-state index in [4.69, 9.17) is 0 Å². The van der Waals surface area contributed by atoms with Crippen LogP contribution in [0.2, 0.25) is 0 Å². The summed E-state index contributed by atoms with van der Waals surface area (Å²) in [7, 11) is 0. The minimum atomic E-state index is 0.151. The van der Waals surface area contributed by atoms with Gasteiger partial charge in [0.2, 0.25) is 0 Å². The van der Waals surface area contributed by atoms with E-state index >= 15 is 0 Å². The van der Waals surface area contributed by atoms with Crippen LogP contribution in [0.15, 0.2) is 206 Å². The van der Waals surface area contributed by atoms with Crippen LogP contribution >= 0.6 is 11.3 Å². The molecule has 266 valence electrons. The summed E-state index contributed by atoms with van der Waals surface area (Å²) in [5, 5.41) is 5.20. The molecule has 0 saturated carbocycles. The van der Waals surface area contributed by atoms with Crippen LogP contribution < -0.4 is 0 Å². The average molecular weight is 742 g/mol. The van der Waals surface area contributed by atoms with Crippen molar-refractivity contribution in [2.45, 2.75) is 5.92 Å². The van der Waals surface area contributed by atoms with Gasteiger partial charge in [0.25, 0.3) is 0 Å². The number of rotatable bonds is 5. The van der Waals surface area contributed by atoms with Crippen LogP contribution in [-0.2, 0) is 0 Å². The maximum absolute atomic E-state index is 2.45. The number of fused-ring (bicyclic) bond motifs is 9. The third kappa shape index (κ3) is 5.15. The zero-order valence-electron chi connectivity index (χ0n) is 31.1. The maximum Gasteiger partial charge on any atom is 0.0541 e. The lowest BCUT2D eigenvalue weighted by atomic mass is 9.87. The van der Waals surface area contributed by atoms with Gasteiger partial charge in [-0.2, -0.15) is 0 Å². The Morgan fingerprint density at radius 3 is 1.58 bits per heavy atom. The summed E-state index contributed by atoms with van der Waals surface area (Å²) in [5.41, 5.74) is 17.7. The van der Waals surface area contributed by atoms with E-state index in [2.05, 4.69) is 211 Å². The lowest BCUT2D eigenvalue weighted by Gasteiger charge is -2.16. The third-order valence-electron chi connectivity index (χ3n) is 12.1. The zero-order valence-corrected chi connectivity index (χ0v) is 31.9. The summed E-state index contributed by atoms with van der Waals surface area (Å²) >= 11 is 1.87. The van der Waals surface area contributed by atoms with Gasteiger partial charge in [-0.3, -0.25) is 0 Å². The smallest absolute Gasteiger partial charge is 0.0541 e. The molecule has 2 heterocycles. The van der Waals surface area contributed by atoms with Gasteiger partial charge in [0.05, 0.1) is 11.0 Å². The van der Waals surface area contributed by atoms with Crippen LogP contribution in [0.3, 0.4) is 0 Å². The van der Waals surface area contributed by atoms with Gasteiger partial charge < -0.3 is 4.57 Å². The van der Waals surface area contributed by atoms with Crippen LogP contribution in [0.5, 0.6) is 0 Å². The van der Waals surface area contributed by atoms with E-state index in [0.717, 1.165) is 0 Å². The van der Waals surface area contributed by atoms with E-state index in [1.807, 2.05) is 11.3 Å². The molecule has 9 aromatic carbocycles. The van der Waals surface area contributed by atoms with Crippen molar-refractivity contribution in [3.8, 4) is 50.2 Å². The highest BCUT2D eigenvalue weighted by atomic mass is 32.1. The molecule has 1 aliphatic carbocycles. The van der Waals surface area contributed by atoms with Crippen LogP contribution in [0.25, 0.3) is 92.2 Å². The summed E-state index contributed by atoms with van der Waals surface area (Å²) in [5.74, 6) is 0.151. The lowest BCUT2D eigenvalue weighted by Crippen LogP contribution is -1.99. The predicted octanol–water partition coefficient (Wildman–Crippen LogP) is 15.3. The number of hydrogen-bond donors (Lipinski definition) is 0. The molecule has 57 heavy (non-hydrogen) atoms. The molecule has 0 amide bonds. The molecule has 0 radical (unpaired) electrons. The first-order valence-corrected chi connectivity index (χ1v) is 20.5. The molecule has 1 unspecified atom stereocenters. The number of nitrogens with zero attached hydrogens (tertiary/aromatic N) is 1. The Morgan fingerprint density at radius 2 is 0.842 bits per heavy atom. The monoisotopic (exact) mass is 741 g/mol. The molecule has 2 heteroatoms.